The van der Waals surface area contributed by atoms with Gasteiger partial charge in [0.15, 0.2) is 0 Å². The summed E-state index contributed by atoms with van der Waals surface area (Å²) in [6.45, 7) is 2.56. The summed E-state index contributed by atoms with van der Waals surface area (Å²) >= 11 is 6.33. The number of nitrogens with zero attached hydrogens (tertiary/aromatic N) is 2. The predicted molar refractivity (Wildman–Crippen MR) is 121 cm³/mol. The van der Waals surface area contributed by atoms with Crippen molar-refractivity contribution in [3.05, 3.63) is 88.4 Å². The topological polar surface area (TPSA) is 43.3 Å². The van der Waals surface area contributed by atoms with Crippen LogP contribution in [-0.4, -0.2) is 24.4 Å². The van der Waals surface area contributed by atoms with E-state index in [1.807, 2.05) is 78.7 Å². The summed E-state index contributed by atoms with van der Waals surface area (Å²) in [6, 6.07) is 21.8. The van der Waals surface area contributed by atoms with Gasteiger partial charge in [-0.3, -0.25) is 0 Å². The van der Waals surface area contributed by atoms with Crippen molar-refractivity contribution in [3.8, 4) is 17.2 Å². The van der Waals surface area contributed by atoms with E-state index in [1.54, 1.807) is 7.11 Å². The van der Waals surface area contributed by atoms with Crippen LogP contribution in [0.2, 0.25) is 5.02 Å². The Labute approximate surface area is 186 Å². The lowest BCUT2D eigenvalue weighted by Crippen LogP contribution is -2.34. The van der Waals surface area contributed by atoms with Crippen LogP contribution in [0.4, 0.5) is 0 Å². The molecule has 0 bridgehead atoms. The number of methoxy groups -OCH3 is 1. The van der Waals surface area contributed by atoms with Gasteiger partial charge < -0.3 is 14.2 Å². The summed E-state index contributed by atoms with van der Waals surface area (Å²) in [7, 11) is 1.67. The summed E-state index contributed by atoms with van der Waals surface area (Å²) in [4.78, 5) is 0. The van der Waals surface area contributed by atoms with Crippen molar-refractivity contribution in [2.75, 3.05) is 13.7 Å². The van der Waals surface area contributed by atoms with Crippen molar-refractivity contribution in [1.29, 1.82) is 0 Å². The number of hydrogen-bond donors (Lipinski definition) is 0. The SMILES string of the molecule is CCOc1ccccc1[C@@H]1Oc2ccc(Cl)cc2[C@H]2CC(c3ccc(OC)cc3)=NN21. The maximum Gasteiger partial charge on any atom is 0.217 e. The molecule has 0 unspecified atom stereocenters. The van der Waals surface area contributed by atoms with Gasteiger partial charge in [0.2, 0.25) is 6.23 Å². The first-order valence-electron chi connectivity index (χ1n) is 10.4. The van der Waals surface area contributed by atoms with Gasteiger partial charge >= 0.3 is 0 Å². The van der Waals surface area contributed by atoms with E-state index in [1.165, 1.54) is 0 Å². The van der Waals surface area contributed by atoms with Crippen molar-refractivity contribution in [1.82, 2.24) is 5.01 Å². The Morgan fingerprint density at radius 3 is 2.65 bits per heavy atom. The highest BCUT2D eigenvalue weighted by Crippen LogP contribution is 2.49. The molecular weight excluding hydrogens is 412 g/mol. The molecule has 2 aliphatic rings. The lowest BCUT2D eigenvalue weighted by atomic mass is 9.95. The van der Waals surface area contributed by atoms with Crippen LogP contribution in [0.15, 0.2) is 71.8 Å². The van der Waals surface area contributed by atoms with Crippen molar-refractivity contribution in [2.24, 2.45) is 5.10 Å². The van der Waals surface area contributed by atoms with Crippen molar-refractivity contribution in [2.45, 2.75) is 25.6 Å². The summed E-state index contributed by atoms with van der Waals surface area (Å²) in [6.07, 6.45) is 0.369. The van der Waals surface area contributed by atoms with Crippen LogP contribution >= 0.6 is 11.6 Å². The standard InChI is InChI=1S/C25H23ClN2O3/c1-3-30-23-7-5-4-6-19(23)25-28-22(20-14-17(26)10-13-24(20)31-25)15-21(27-28)16-8-11-18(29-2)12-9-16/h4-14,22,25H,3,15H2,1-2H3/t22-,25+/m1/s1. The summed E-state index contributed by atoms with van der Waals surface area (Å²) < 4.78 is 17.6. The molecule has 0 N–H and O–H groups in total. The van der Waals surface area contributed by atoms with Crippen LogP contribution in [0.3, 0.4) is 0 Å². The van der Waals surface area contributed by atoms with E-state index in [4.69, 9.17) is 30.9 Å². The molecule has 5 rings (SSSR count). The highest BCUT2D eigenvalue weighted by Gasteiger charge is 2.42. The molecule has 2 heterocycles. The van der Waals surface area contributed by atoms with E-state index >= 15 is 0 Å². The molecular formula is C25H23ClN2O3. The molecule has 31 heavy (non-hydrogen) atoms. The second-order valence-corrected chi connectivity index (χ2v) is 7.93. The molecule has 5 nitrogen and oxygen atoms in total. The Balaban J connectivity index is 1.59. The molecule has 6 heteroatoms. The van der Waals surface area contributed by atoms with Crippen molar-refractivity contribution >= 4 is 17.3 Å². The molecule has 158 valence electrons. The lowest BCUT2D eigenvalue weighted by Gasteiger charge is -2.38. The number of ether oxygens (including phenoxy) is 3. The molecule has 0 aromatic heterocycles. The Kier molecular flexibility index (Phi) is 5.20. The molecule has 0 fully saturated rings. The molecule has 0 saturated carbocycles. The van der Waals surface area contributed by atoms with Gasteiger partial charge in [0.25, 0.3) is 0 Å². The summed E-state index contributed by atoms with van der Waals surface area (Å²) in [5, 5.41) is 7.73. The van der Waals surface area contributed by atoms with Gasteiger partial charge in [-0.1, -0.05) is 23.7 Å². The third-order valence-corrected chi connectivity index (χ3v) is 5.90. The largest absolute Gasteiger partial charge is 0.497 e. The minimum absolute atomic E-state index is 0.0271. The van der Waals surface area contributed by atoms with Crippen LogP contribution in [0, 0.1) is 0 Å². The maximum atomic E-state index is 6.45. The average molecular weight is 435 g/mol. The zero-order chi connectivity index (χ0) is 21.4. The molecule has 3 aromatic rings. The van der Waals surface area contributed by atoms with Crippen molar-refractivity contribution in [3.63, 3.8) is 0 Å². The molecule has 2 atom stereocenters. The van der Waals surface area contributed by atoms with Crippen LogP contribution < -0.4 is 14.2 Å². The number of halogens is 1. The normalized spacial score (nSPS) is 19.2. The van der Waals surface area contributed by atoms with E-state index in [0.29, 0.717) is 11.6 Å². The highest BCUT2D eigenvalue weighted by atomic mass is 35.5. The summed E-state index contributed by atoms with van der Waals surface area (Å²) in [5.74, 6) is 2.46. The lowest BCUT2D eigenvalue weighted by molar-refractivity contribution is -0.0205. The van der Waals surface area contributed by atoms with Crippen molar-refractivity contribution < 1.29 is 14.2 Å². The molecule has 0 saturated heterocycles. The molecule has 0 aliphatic carbocycles. The molecule has 0 radical (unpaired) electrons. The first-order valence-corrected chi connectivity index (χ1v) is 10.7. The number of rotatable bonds is 5. The van der Waals surface area contributed by atoms with E-state index in [2.05, 4.69) is 0 Å². The van der Waals surface area contributed by atoms with Gasteiger partial charge in [0, 0.05) is 17.0 Å². The fourth-order valence-corrected chi connectivity index (χ4v) is 4.37. The molecule has 3 aromatic carbocycles. The Hall–Kier alpha value is -3.18. The predicted octanol–water partition coefficient (Wildman–Crippen LogP) is 5.99. The van der Waals surface area contributed by atoms with Crippen LogP contribution in [0.5, 0.6) is 17.2 Å². The van der Waals surface area contributed by atoms with Gasteiger partial charge in [-0.15, -0.1) is 0 Å². The van der Waals surface area contributed by atoms with E-state index < -0.39 is 6.23 Å². The van der Waals surface area contributed by atoms with Gasteiger partial charge in [0.1, 0.15) is 17.2 Å². The van der Waals surface area contributed by atoms with Crippen LogP contribution in [0.1, 0.15) is 42.3 Å². The fraction of sp³-hybridized carbons (Fsp3) is 0.240. The minimum atomic E-state index is -0.392. The molecule has 0 spiro atoms. The third kappa shape index (κ3) is 3.59. The van der Waals surface area contributed by atoms with Gasteiger partial charge in [-0.2, -0.15) is 5.10 Å². The number of hydrogen-bond acceptors (Lipinski definition) is 5. The second kappa shape index (κ2) is 8.16. The van der Waals surface area contributed by atoms with Crippen LogP contribution in [0.25, 0.3) is 0 Å². The van der Waals surface area contributed by atoms with E-state index in [9.17, 15) is 0 Å². The third-order valence-electron chi connectivity index (χ3n) is 5.66. The van der Waals surface area contributed by atoms with Gasteiger partial charge in [0.05, 0.1) is 31.0 Å². The smallest absolute Gasteiger partial charge is 0.217 e. The Morgan fingerprint density at radius 2 is 1.87 bits per heavy atom. The number of fused-ring (bicyclic) bond motifs is 3. The minimum Gasteiger partial charge on any atom is -0.497 e. The van der Waals surface area contributed by atoms with Crippen LogP contribution in [-0.2, 0) is 0 Å². The first-order chi connectivity index (χ1) is 15.2. The zero-order valence-corrected chi connectivity index (χ0v) is 18.2. The average Bonchev–Trinajstić information content (AvgIpc) is 3.25. The number of benzene rings is 3. The maximum absolute atomic E-state index is 6.45. The van der Waals surface area contributed by atoms with E-state index in [0.717, 1.165) is 46.1 Å². The second-order valence-electron chi connectivity index (χ2n) is 7.50. The first kappa shape index (κ1) is 19.8. The number of para-hydroxylation sites is 1. The summed E-state index contributed by atoms with van der Waals surface area (Å²) in [5.41, 5.74) is 4.07. The quantitative estimate of drug-likeness (QED) is 0.494. The Bertz CT molecular complexity index is 1130. The van der Waals surface area contributed by atoms with Gasteiger partial charge in [-0.05, 0) is 67.1 Å². The zero-order valence-electron chi connectivity index (χ0n) is 17.4. The number of hydrazone groups is 1. The van der Waals surface area contributed by atoms with Gasteiger partial charge in [-0.25, -0.2) is 5.01 Å². The Morgan fingerprint density at radius 1 is 1.06 bits per heavy atom. The fourth-order valence-electron chi connectivity index (χ4n) is 4.19. The molecule has 0 amide bonds. The monoisotopic (exact) mass is 434 g/mol. The molecule has 2 aliphatic heterocycles. The highest BCUT2D eigenvalue weighted by molar-refractivity contribution is 6.30. The van der Waals surface area contributed by atoms with E-state index in [-0.39, 0.29) is 6.04 Å².